The van der Waals surface area contributed by atoms with Gasteiger partial charge in [-0.15, -0.1) is 0 Å². The molecule has 0 saturated carbocycles. The molecule has 2 aromatic carbocycles. The molecule has 0 atom stereocenters. The van der Waals surface area contributed by atoms with Gasteiger partial charge in [-0.3, -0.25) is 0 Å². The van der Waals surface area contributed by atoms with E-state index in [9.17, 15) is 15.0 Å². The first-order chi connectivity index (χ1) is 12.0. The number of aromatic hydroxyl groups is 2. The molecular formula is C19H18N2O3Se. The summed E-state index contributed by atoms with van der Waals surface area (Å²) >= 11 is 2.94. The summed E-state index contributed by atoms with van der Waals surface area (Å²) < 4.78 is 0.715. The van der Waals surface area contributed by atoms with Gasteiger partial charge in [-0.1, -0.05) is 0 Å². The monoisotopic (exact) mass is 402 g/mol. The zero-order valence-corrected chi connectivity index (χ0v) is 15.4. The fourth-order valence-corrected chi connectivity index (χ4v) is 3.28. The minimum absolute atomic E-state index is 0.144. The normalized spacial score (nSPS) is 16.1. The Balaban J connectivity index is 1.83. The van der Waals surface area contributed by atoms with Crippen molar-refractivity contribution in [3.8, 4) is 11.5 Å². The van der Waals surface area contributed by atoms with E-state index < -0.39 is 0 Å². The van der Waals surface area contributed by atoms with Gasteiger partial charge in [0.1, 0.15) is 0 Å². The van der Waals surface area contributed by atoms with Gasteiger partial charge in [0.25, 0.3) is 0 Å². The van der Waals surface area contributed by atoms with Crippen molar-refractivity contribution in [2.45, 2.75) is 6.42 Å². The molecular weight excluding hydrogens is 383 g/mol. The van der Waals surface area contributed by atoms with Crippen LogP contribution in [0.1, 0.15) is 11.1 Å². The third-order valence-electron chi connectivity index (χ3n) is 4.15. The van der Waals surface area contributed by atoms with Gasteiger partial charge in [-0.05, 0) is 0 Å². The SMILES string of the molecule is CN1C(=[Se])N(CCc2ccccc2)C(=O)/C1=C\c1cccc(O)c1O. The van der Waals surface area contributed by atoms with Crippen molar-refractivity contribution in [1.82, 2.24) is 9.80 Å². The van der Waals surface area contributed by atoms with Crippen LogP contribution in [-0.4, -0.2) is 59.8 Å². The number of hydrogen-bond donors (Lipinski definition) is 2. The zero-order chi connectivity index (χ0) is 18.0. The molecule has 6 heteroatoms. The summed E-state index contributed by atoms with van der Waals surface area (Å²) in [6.45, 7) is 0.554. The van der Waals surface area contributed by atoms with Crippen molar-refractivity contribution in [2.24, 2.45) is 0 Å². The number of para-hydroxylation sites is 1. The Labute approximate surface area is 154 Å². The van der Waals surface area contributed by atoms with E-state index in [-0.39, 0.29) is 17.4 Å². The Bertz CT molecular complexity index is 849. The van der Waals surface area contributed by atoms with Gasteiger partial charge >= 0.3 is 154 Å². The van der Waals surface area contributed by atoms with Gasteiger partial charge in [-0.2, -0.15) is 0 Å². The molecule has 0 radical (unpaired) electrons. The molecule has 3 rings (SSSR count). The molecule has 1 amide bonds. The number of rotatable bonds is 4. The van der Waals surface area contributed by atoms with E-state index in [2.05, 4.69) is 15.6 Å². The molecule has 0 aliphatic carbocycles. The molecule has 1 fully saturated rings. The van der Waals surface area contributed by atoms with Crippen LogP contribution in [0.3, 0.4) is 0 Å². The number of carbonyl (C=O) groups excluding carboxylic acids is 1. The topological polar surface area (TPSA) is 64.0 Å². The van der Waals surface area contributed by atoms with E-state index in [1.807, 2.05) is 30.3 Å². The summed E-state index contributed by atoms with van der Waals surface area (Å²) in [4.78, 5) is 16.2. The van der Waals surface area contributed by atoms with Gasteiger partial charge in [-0.25, -0.2) is 0 Å². The molecule has 0 unspecified atom stereocenters. The summed E-state index contributed by atoms with van der Waals surface area (Å²) in [7, 11) is 1.79. The van der Waals surface area contributed by atoms with Crippen LogP contribution in [0.2, 0.25) is 0 Å². The molecule has 0 bridgehead atoms. The molecule has 1 aliphatic heterocycles. The fourth-order valence-electron chi connectivity index (χ4n) is 2.71. The predicted molar refractivity (Wildman–Crippen MR) is 98.1 cm³/mol. The number of carbonyl (C=O) groups is 1. The summed E-state index contributed by atoms with van der Waals surface area (Å²) in [5, 5.41) is 19.6. The van der Waals surface area contributed by atoms with Crippen LogP contribution >= 0.6 is 0 Å². The van der Waals surface area contributed by atoms with Crippen molar-refractivity contribution >= 4 is 32.2 Å². The molecule has 0 spiro atoms. The quantitative estimate of drug-likeness (QED) is 0.465. The first-order valence-corrected chi connectivity index (χ1v) is 8.71. The van der Waals surface area contributed by atoms with Gasteiger partial charge in [0.15, 0.2) is 0 Å². The minimum atomic E-state index is -0.236. The van der Waals surface area contributed by atoms with Crippen molar-refractivity contribution in [2.75, 3.05) is 13.6 Å². The van der Waals surface area contributed by atoms with Crippen LogP contribution in [0.4, 0.5) is 0 Å². The maximum atomic E-state index is 12.8. The standard InChI is InChI=1S/C19H18N2O3Se/c1-20-15(12-14-8-5-9-16(22)17(14)23)18(24)21(19(20)25)11-10-13-6-3-2-4-7-13/h2-9,12,22-23H,10-11H2,1H3/b15-12+. The summed E-state index contributed by atoms with van der Waals surface area (Å²) in [5.74, 6) is -0.592. The molecule has 0 aromatic heterocycles. The third kappa shape index (κ3) is 3.45. The van der Waals surface area contributed by atoms with Crippen molar-refractivity contribution in [3.05, 3.63) is 65.4 Å². The van der Waals surface area contributed by atoms with Crippen LogP contribution in [0.5, 0.6) is 11.5 Å². The molecule has 2 aromatic rings. The molecule has 1 aliphatic rings. The van der Waals surface area contributed by atoms with Crippen molar-refractivity contribution in [3.63, 3.8) is 0 Å². The van der Waals surface area contributed by atoms with Gasteiger partial charge in [0.05, 0.1) is 0 Å². The Morgan fingerprint density at radius 2 is 1.80 bits per heavy atom. The van der Waals surface area contributed by atoms with Crippen LogP contribution in [0.25, 0.3) is 6.08 Å². The van der Waals surface area contributed by atoms with Crippen molar-refractivity contribution in [1.29, 1.82) is 0 Å². The number of nitrogens with zero attached hydrogens (tertiary/aromatic N) is 2. The number of amides is 1. The van der Waals surface area contributed by atoms with Crippen LogP contribution in [0, 0.1) is 0 Å². The molecule has 5 nitrogen and oxygen atoms in total. The molecule has 128 valence electrons. The van der Waals surface area contributed by atoms with E-state index in [0.717, 1.165) is 12.0 Å². The van der Waals surface area contributed by atoms with Crippen molar-refractivity contribution < 1.29 is 15.0 Å². The first kappa shape index (κ1) is 17.3. The zero-order valence-electron chi connectivity index (χ0n) is 13.7. The van der Waals surface area contributed by atoms with Crippen LogP contribution in [0.15, 0.2) is 54.2 Å². The second kappa shape index (κ2) is 7.13. The van der Waals surface area contributed by atoms with E-state index >= 15 is 0 Å². The van der Waals surface area contributed by atoms with E-state index in [4.69, 9.17) is 0 Å². The fraction of sp³-hybridized carbons (Fsp3) is 0.158. The molecule has 1 heterocycles. The third-order valence-corrected chi connectivity index (χ3v) is 5.19. The Kier molecular flexibility index (Phi) is 4.93. The average molecular weight is 401 g/mol. The predicted octanol–water partition coefficient (Wildman–Crippen LogP) is 1.71. The number of benzene rings is 2. The number of likely N-dealkylation sites (N-methyl/N-ethyl adjacent to an activating group) is 1. The Morgan fingerprint density at radius 1 is 1.08 bits per heavy atom. The van der Waals surface area contributed by atoms with Gasteiger partial charge < -0.3 is 0 Å². The first-order valence-electron chi connectivity index (χ1n) is 7.85. The van der Waals surface area contributed by atoms with Crippen LogP contribution < -0.4 is 0 Å². The number of phenolic OH excluding ortho intramolecular Hbond substituents is 2. The van der Waals surface area contributed by atoms with Crippen LogP contribution in [-0.2, 0) is 11.2 Å². The maximum absolute atomic E-state index is 12.8. The Morgan fingerprint density at radius 3 is 2.52 bits per heavy atom. The van der Waals surface area contributed by atoms with E-state index in [1.54, 1.807) is 35.1 Å². The second-order valence-electron chi connectivity index (χ2n) is 5.78. The summed E-state index contributed by atoms with van der Waals surface area (Å²) in [5.41, 5.74) is 1.99. The molecule has 2 N–H and O–H groups in total. The summed E-state index contributed by atoms with van der Waals surface area (Å²) in [6, 6.07) is 14.7. The second-order valence-corrected chi connectivity index (χ2v) is 6.54. The molecule has 1 saturated heterocycles. The Hall–Kier alpha value is -2.56. The number of phenols is 2. The van der Waals surface area contributed by atoms with Gasteiger partial charge in [0.2, 0.25) is 0 Å². The molecule has 25 heavy (non-hydrogen) atoms. The summed E-state index contributed by atoms with van der Waals surface area (Å²) in [6.07, 6.45) is 2.33. The average Bonchev–Trinajstić information content (AvgIpc) is 2.81. The van der Waals surface area contributed by atoms with Gasteiger partial charge in [0, 0.05) is 0 Å². The number of hydrogen-bond acceptors (Lipinski definition) is 4. The van der Waals surface area contributed by atoms with E-state index in [0.29, 0.717) is 22.5 Å². The van der Waals surface area contributed by atoms with E-state index in [1.165, 1.54) is 6.07 Å².